The molecular formula is C28H35N3O5. The van der Waals surface area contributed by atoms with Crippen LogP contribution in [0.15, 0.2) is 49.1 Å². The number of aliphatic hydroxyl groups excluding tert-OH is 1. The van der Waals surface area contributed by atoms with E-state index >= 15 is 0 Å². The largest absolute Gasteiger partial charge is 0.481 e. The number of carboxylic acid groups (broad SMARTS) is 1. The number of aliphatic carboxylic acids is 1. The molecule has 8 heteroatoms. The number of nitrogens with zero attached hydrogens (tertiary/aromatic N) is 3. The van der Waals surface area contributed by atoms with Crippen molar-refractivity contribution in [3.63, 3.8) is 0 Å². The number of rotatable bonds is 7. The standard InChI is InChI=1S/C28H35N3O5/c1-5-8-18(6-2)15-24(32)26-29-25-21-12-11-17(3)30(28(35)36-4)22(21)13-14-23(25)31(26)20-10-7-9-19(16-20)27(33)34/h5-6,8,13-14,17,19-20,24,32H,1-2,7,9-12,15-16H2,3-4H3,(H,33,34)/b18-8+/t17-,19+,20+,24+/m0/s1. The van der Waals surface area contributed by atoms with E-state index in [-0.39, 0.29) is 12.1 Å². The number of amides is 1. The van der Waals surface area contributed by atoms with Crippen LogP contribution >= 0.6 is 0 Å². The molecular weight excluding hydrogens is 458 g/mol. The molecule has 1 aromatic carbocycles. The summed E-state index contributed by atoms with van der Waals surface area (Å²) in [5.74, 6) is -0.701. The van der Waals surface area contributed by atoms with Crippen LogP contribution < -0.4 is 4.90 Å². The number of methoxy groups -OCH3 is 1. The maximum Gasteiger partial charge on any atom is 0.414 e. The summed E-state index contributed by atoms with van der Waals surface area (Å²) in [5.41, 5.74) is 4.14. The first kappa shape index (κ1) is 25.7. The number of aryl methyl sites for hydroxylation is 1. The quantitative estimate of drug-likeness (QED) is 0.495. The number of aromatic nitrogens is 2. The van der Waals surface area contributed by atoms with Crippen molar-refractivity contribution in [1.29, 1.82) is 0 Å². The highest BCUT2D eigenvalue weighted by molar-refractivity contribution is 5.95. The lowest BCUT2D eigenvalue weighted by Crippen LogP contribution is -2.42. The Morgan fingerprint density at radius 2 is 2.06 bits per heavy atom. The van der Waals surface area contributed by atoms with E-state index in [9.17, 15) is 19.8 Å². The van der Waals surface area contributed by atoms with Gasteiger partial charge in [-0.3, -0.25) is 9.69 Å². The zero-order valence-electron chi connectivity index (χ0n) is 21.0. The minimum Gasteiger partial charge on any atom is -0.481 e. The highest BCUT2D eigenvalue weighted by Gasteiger charge is 2.35. The van der Waals surface area contributed by atoms with Gasteiger partial charge in [0.25, 0.3) is 0 Å². The lowest BCUT2D eigenvalue weighted by atomic mass is 9.85. The number of allylic oxidation sites excluding steroid dienone is 3. The molecule has 2 aliphatic rings. The van der Waals surface area contributed by atoms with Gasteiger partial charge in [0, 0.05) is 24.1 Å². The second kappa shape index (κ2) is 10.7. The summed E-state index contributed by atoms with van der Waals surface area (Å²) in [7, 11) is 1.38. The molecule has 0 radical (unpaired) electrons. The predicted molar refractivity (Wildman–Crippen MR) is 139 cm³/mol. The first-order chi connectivity index (χ1) is 17.3. The van der Waals surface area contributed by atoms with Gasteiger partial charge in [-0.1, -0.05) is 37.8 Å². The molecule has 4 rings (SSSR count). The van der Waals surface area contributed by atoms with E-state index in [1.165, 1.54) is 7.11 Å². The summed E-state index contributed by atoms with van der Waals surface area (Å²) in [5, 5.41) is 21.0. The first-order valence-corrected chi connectivity index (χ1v) is 12.6. The molecule has 8 nitrogen and oxygen atoms in total. The van der Waals surface area contributed by atoms with E-state index in [1.807, 2.05) is 29.7 Å². The monoisotopic (exact) mass is 493 g/mol. The SMILES string of the molecule is C=C/C=C(\C=C)C[C@@H](O)c1nc2c3c(ccc2n1[C@@H]1CCC[C@@H](C(=O)O)C1)N(C(=O)OC)[C@@H](C)CC3. The van der Waals surface area contributed by atoms with Crippen molar-refractivity contribution in [3.8, 4) is 0 Å². The third-order valence-electron chi connectivity index (χ3n) is 7.54. The smallest absolute Gasteiger partial charge is 0.414 e. The van der Waals surface area contributed by atoms with Crippen LogP contribution in [-0.4, -0.2) is 45.0 Å². The molecule has 1 aliphatic carbocycles. The molecule has 4 atom stereocenters. The van der Waals surface area contributed by atoms with Gasteiger partial charge in [-0.2, -0.15) is 0 Å². The number of hydrogen-bond donors (Lipinski definition) is 2. The summed E-state index contributed by atoms with van der Waals surface area (Å²) in [6.45, 7) is 9.57. The van der Waals surface area contributed by atoms with E-state index in [1.54, 1.807) is 17.1 Å². The van der Waals surface area contributed by atoms with Gasteiger partial charge in [0.1, 0.15) is 11.9 Å². The number of fused-ring (bicyclic) bond motifs is 3. The Morgan fingerprint density at radius 1 is 1.28 bits per heavy atom. The van der Waals surface area contributed by atoms with Crippen LogP contribution in [0.25, 0.3) is 11.0 Å². The maximum atomic E-state index is 12.6. The van der Waals surface area contributed by atoms with Crippen LogP contribution in [-0.2, 0) is 16.0 Å². The van der Waals surface area contributed by atoms with Crippen molar-refractivity contribution in [3.05, 3.63) is 60.5 Å². The fraction of sp³-hybridized carbons (Fsp3) is 0.464. The Hall–Kier alpha value is -3.39. The van der Waals surface area contributed by atoms with E-state index in [0.29, 0.717) is 25.1 Å². The van der Waals surface area contributed by atoms with E-state index in [0.717, 1.165) is 53.5 Å². The van der Waals surface area contributed by atoms with Crippen LogP contribution in [0.1, 0.15) is 69.0 Å². The zero-order chi connectivity index (χ0) is 26.0. The van der Waals surface area contributed by atoms with Crippen molar-refractivity contribution >= 4 is 28.8 Å². The number of carboxylic acids is 1. The third kappa shape index (κ3) is 4.69. The van der Waals surface area contributed by atoms with Crippen molar-refractivity contribution in [2.24, 2.45) is 5.92 Å². The van der Waals surface area contributed by atoms with Gasteiger partial charge in [0.15, 0.2) is 0 Å². The van der Waals surface area contributed by atoms with Crippen molar-refractivity contribution in [2.45, 2.75) is 70.1 Å². The molecule has 1 amide bonds. The Labute approximate surface area is 211 Å². The molecule has 0 saturated heterocycles. The van der Waals surface area contributed by atoms with Crippen LogP contribution in [0.4, 0.5) is 10.5 Å². The summed E-state index contributed by atoms with van der Waals surface area (Å²) in [6.07, 6.45) is 8.39. The van der Waals surface area contributed by atoms with Gasteiger partial charge in [-0.15, -0.1) is 0 Å². The minimum absolute atomic E-state index is 0.0107. The van der Waals surface area contributed by atoms with Crippen molar-refractivity contribution in [2.75, 3.05) is 12.0 Å². The maximum absolute atomic E-state index is 12.6. The number of aliphatic hydroxyl groups is 1. The lowest BCUT2D eigenvalue weighted by molar-refractivity contribution is -0.143. The van der Waals surface area contributed by atoms with Gasteiger partial charge in [-0.05, 0) is 56.7 Å². The Morgan fingerprint density at radius 3 is 2.72 bits per heavy atom. The van der Waals surface area contributed by atoms with Crippen LogP contribution in [0, 0.1) is 5.92 Å². The number of carbonyl (C=O) groups is 2. The topological polar surface area (TPSA) is 105 Å². The molecule has 2 N–H and O–H groups in total. The molecule has 1 aliphatic heterocycles. The molecule has 2 heterocycles. The Balaban J connectivity index is 1.87. The fourth-order valence-corrected chi connectivity index (χ4v) is 5.72. The zero-order valence-corrected chi connectivity index (χ0v) is 21.0. The van der Waals surface area contributed by atoms with Crippen molar-refractivity contribution < 1.29 is 24.5 Å². The molecule has 0 bridgehead atoms. The van der Waals surface area contributed by atoms with Crippen molar-refractivity contribution in [1.82, 2.24) is 9.55 Å². The Bertz CT molecular complexity index is 1210. The predicted octanol–water partition coefficient (Wildman–Crippen LogP) is 5.48. The van der Waals surface area contributed by atoms with Gasteiger partial charge in [0.2, 0.25) is 0 Å². The molecule has 192 valence electrons. The number of carbonyl (C=O) groups excluding carboxylic acids is 1. The van der Waals surface area contributed by atoms with E-state index < -0.39 is 24.1 Å². The lowest BCUT2D eigenvalue weighted by Gasteiger charge is -2.34. The highest BCUT2D eigenvalue weighted by Crippen LogP contribution is 2.42. The molecule has 2 aromatic rings. The summed E-state index contributed by atoms with van der Waals surface area (Å²) >= 11 is 0. The summed E-state index contributed by atoms with van der Waals surface area (Å²) < 4.78 is 7.09. The number of hydrogen-bond acceptors (Lipinski definition) is 5. The van der Waals surface area contributed by atoms with E-state index in [2.05, 4.69) is 13.2 Å². The first-order valence-electron chi connectivity index (χ1n) is 12.6. The number of imidazole rings is 1. The van der Waals surface area contributed by atoms with Crippen LogP contribution in [0.3, 0.4) is 0 Å². The molecule has 1 saturated carbocycles. The Kier molecular flexibility index (Phi) is 7.64. The molecule has 1 fully saturated rings. The molecule has 1 aromatic heterocycles. The van der Waals surface area contributed by atoms with E-state index in [4.69, 9.17) is 9.72 Å². The van der Waals surface area contributed by atoms with Crippen LogP contribution in [0.2, 0.25) is 0 Å². The number of ether oxygens (including phenoxy) is 1. The highest BCUT2D eigenvalue weighted by atomic mass is 16.5. The van der Waals surface area contributed by atoms with Crippen LogP contribution in [0.5, 0.6) is 0 Å². The summed E-state index contributed by atoms with van der Waals surface area (Å²) in [4.78, 5) is 31.0. The second-order valence-electron chi connectivity index (χ2n) is 9.76. The third-order valence-corrected chi connectivity index (χ3v) is 7.54. The number of benzene rings is 1. The fourth-order valence-electron chi connectivity index (χ4n) is 5.72. The molecule has 0 spiro atoms. The average molecular weight is 494 g/mol. The number of anilines is 1. The molecule has 0 unspecified atom stereocenters. The normalized spacial score (nSPS) is 23.1. The second-order valence-corrected chi connectivity index (χ2v) is 9.76. The van der Waals surface area contributed by atoms with Gasteiger partial charge < -0.3 is 19.5 Å². The van der Waals surface area contributed by atoms with Gasteiger partial charge >= 0.3 is 12.1 Å². The van der Waals surface area contributed by atoms with Gasteiger partial charge in [0.05, 0.1) is 29.7 Å². The van der Waals surface area contributed by atoms with Gasteiger partial charge in [-0.25, -0.2) is 9.78 Å². The minimum atomic E-state index is -0.915. The summed E-state index contributed by atoms with van der Waals surface area (Å²) in [6, 6.07) is 3.75. The average Bonchev–Trinajstić information content (AvgIpc) is 3.28. The molecule has 36 heavy (non-hydrogen) atoms.